The number of rotatable bonds is 3. The molecule has 0 spiro atoms. The molecular formula is C16H20ClNO3S. The number of hydrogen-bond acceptors (Lipinski definition) is 3. The Morgan fingerprint density at radius 3 is 2.59 bits per heavy atom. The quantitative estimate of drug-likeness (QED) is 0.848. The Hall–Kier alpha value is -1.07. The van der Waals surface area contributed by atoms with Gasteiger partial charge in [-0.3, -0.25) is 4.79 Å². The summed E-state index contributed by atoms with van der Waals surface area (Å²) in [5.74, 6) is 0.295. The first kappa shape index (κ1) is 15.8. The van der Waals surface area contributed by atoms with Crippen LogP contribution in [0.1, 0.15) is 31.2 Å². The molecule has 2 fully saturated rings. The zero-order valence-electron chi connectivity index (χ0n) is 12.6. The fourth-order valence-corrected chi connectivity index (χ4v) is 5.49. The Labute approximate surface area is 136 Å². The van der Waals surface area contributed by atoms with Crippen molar-refractivity contribution in [3.63, 3.8) is 0 Å². The fraction of sp³-hybridized carbons (Fsp3) is 0.562. The van der Waals surface area contributed by atoms with Gasteiger partial charge in [0.15, 0.2) is 9.84 Å². The second-order valence-corrected chi connectivity index (χ2v) is 9.08. The smallest absolute Gasteiger partial charge is 0.233 e. The summed E-state index contributed by atoms with van der Waals surface area (Å²) in [6.45, 7) is 0. The number of amides is 1. The van der Waals surface area contributed by atoms with E-state index >= 15 is 0 Å². The lowest BCUT2D eigenvalue weighted by Crippen LogP contribution is -2.53. The van der Waals surface area contributed by atoms with Gasteiger partial charge in [0.05, 0.1) is 16.9 Å². The van der Waals surface area contributed by atoms with Crippen molar-refractivity contribution in [2.24, 2.45) is 0 Å². The van der Waals surface area contributed by atoms with Gasteiger partial charge >= 0.3 is 0 Å². The maximum absolute atomic E-state index is 13.0. The van der Waals surface area contributed by atoms with Crippen LogP contribution in [0.25, 0.3) is 0 Å². The minimum atomic E-state index is -2.99. The van der Waals surface area contributed by atoms with Crippen molar-refractivity contribution in [2.45, 2.75) is 37.1 Å². The average molecular weight is 342 g/mol. The highest BCUT2D eigenvalue weighted by Gasteiger charge is 2.49. The van der Waals surface area contributed by atoms with Crippen LogP contribution in [0.15, 0.2) is 24.3 Å². The maximum Gasteiger partial charge on any atom is 0.233 e. The Morgan fingerprint density at radius 1 is 1.36 bits per heavy atom. The molecule has 1 aromatic rings. The lowest BCUT2D eigenvalue weighted by atomic mass is 9.63. The number of likely N-dealkylation sites (N-methyl/N-ethyl adjacent to an activating group) is 1. The van der Waals surface area contributed by atoms with Crippen molar-refractivity contribution in [1.29, 1.82) is 0 Å². The molecule has 1 saturated carbocycles. The van der Waals surface area contributed by atoms with Crippen LogP contribution in [-0.4, -0.2) is 43.8 Å². The molecule has 0 aromatic heterocycles. The van der Waals surface area contributed by atoms with Crippen LogP contribution in [0.4, 0.5) is 0 Å². The summed E-state index contributed by atoms with van der Waals surface area (Å²) in [5, 5.41) is 0.627. The molecule has 1 atom stereocenters. The molecule has 6 heteroatoms. The van der Waals surface area contributed by atoms with Gasteiger partial charge in [-0.05, 0) is 37.0 Å². The molecule has 1 aliphatic carbocycles. The van der Waals surface area contributed by atoms with Crippen LogP contribution >= 0.6 is 11.6 Å². The van der Waals surface area contributed by atoms with Gasteiger partial charge in [-0.15, -0.1) is 0 Å². The molecule has 3 rings (SSSR count). The Bertz CT molecular complexity index is 697. The third-order valence-electron chi connectivity index (χ3n) is 5.07. The van der Waals surface area contributed by atoms with Crippen LogP contribution in [0.5, 0.6) is 0 Å². The minimum Gasteiger partial charge on any atom is -0.341 e. The third kappa shape index (κ3) is 2.65. The van der Waals surface area contributed by atoms with Gasteiger partial charge in [-0.2, -0.15) is 0 Å². The third-order valence-corrected chi connectivity index (χ3v) is 7.06. The van der Waals surface area contributed by atoms with E-state index in [1.165, 1.54) is 0 Å². The van der Waals surface area contributed by atoms with E-state index in [4.69, 9.17) is 11.6 Å². The first-order valence-corrected chi connectivity index (χ1v) is 9.78. The fourth-order valence-electron chi connectivity index (χ4n) is 3.53. The molecule has 4 nitrogen and oxygen atoms in total. The van der Waals surface area contributed by atoms with Gasteiger partial charge in [-0.25, -0.2) is 8.42 Å². The molecule has 0 bridgehead atoms. The summed E-state index contributed by atoms with van der Waals surface area (Å²) >= 11 is 6.08. The molecule has 1 aliphatic heterocycles. The second-order valence-electron chi connectivity index (χ2n) is 6.42. The first-order chi connectivity index (χ1) is 10.3. The normalized spacial score (nSPS) is 25.5. The Balaban J connectivity index is 1.86. The lowest BCUT2D eigenvalue weighted by Gasteiger charge is -2.44. The molecule has 1 amide bonds. The summed E-state index contributed by atoms with van der Waals surface area (Å²) in [7, 11) is -1.26. The summed E-state index contributed by atoms with van der Waals surface area (Å²) in [5.41, 5.74) is 0.426. The molecule has 22 heavy (non-hydrogen) atoms. The zero-order chi connectivity index (χ0) is 16.0. The molecule has 0 unspecified atom stereocenters. The number of carbonyl (C=O) groups excluding carboxylic acids is 1. The van der Waals surface area contributed by atoms with Crippen molar-refractivity contribution in [3.05, 3.63) is 34.9 Å². The van der Waals surface area contributed by atoms with E-state index in [0.29, 0.717) is 11.4 Å². The van der Waals surface area contributed by atoms with E-state index in [-0.39, 0.29) is 23.5 Å². The van der Waals surface area contributed by atoms with Crippen LogP contribution < -0.4 is 0 Å². The van der Waals surface area contributed by atoms with Gasteiger partial charge in [0.1, 0.15) is 0 Å². The highest BCUT2D eigenvalue weighted by atomic mass is 35.5. The van der Waals surface area contributed by atoms with E-state index in [9.17, 15) is 13.2 Å². The molecule has 1 heterocycles. The van der Waals surface area contributed by atoms with E-state index in [1.807, 2.05) is 18.2 Å². The minimum absolute atomic E-state index is 0.0307. The number of sulfone groups is 1. The molecule has 0 N–H and O–H groups in total. The van der Waals surface area contributed by atoms with Crippen molar-refractivity contribution in [2.75, 3.05) is 18.6 Å². The van der Waals surface area contributed by atoms with Crippen LogP contribution in [0.3, 0.4) is 0 Å². The molecule has 2 aliphatic rings. The molecule has 0 radical (unpaired) electrons. The van der Waals surface area contributed by atoms with Crippen LogP contribution in [0, 0.1) is 0 Å². The van der Waals surface area contributed by atoms with Crippen molar-refractivity contribution < 1.29 is 13.2 Å². The van der Waals surface area contributed by atoms with Crippen molar-refractivity contribution in [3.8, 4) is 0 Å². The van der Waals surface area contributed by atoms with Crippen molar-refractivity contribution in [1.82, 2.24) is 4.90 Å². The monoisotopic (exact) mass is 341 g/mol. The van der Waals surface area contributed by atoms with Gasteiger partial charge in [-0.1, -0.05) is 30.2 Å². The Kier molecular flexibility index (Phi) is 3.98. The van der Waals surface area contributed by atoms with E-state index in [2.05, 4.69) is 0 Å². The first-order valence-electron chi connectivity index (χ1n) is 7.58. The summed E-state index contributed by atoms with van der Waals surface area (Å²) < 4.78 is 23.3. The predicted molar refractivity (Wildman–Crippen MR) is 86.8 cm³/mol. The van der Waals surface area contributed by atoms with Gasteiger partial charge in [0.25, 0.3) is 0 Å². The SMILES string of the molecule is CN(C(=O)C1(c2cccc(Cl)c2)CCC1)[C@H]1CCS(=O)(=O)C1. The van der Waals surface area contributed by atoms with Crippen molar-refractivity contribution >= 4 is 27.3 Å². The number of carbonyl (C=O) groups is 1. The van der Waals surface area contributed by atoms with Gasteiger partial charge in [0, 0.05) is 18.1 Å². The molecule has 120 valence electrons. The van der Waals surface area contributed by atoms with Gasteiger partial charge < -0.3 is 4.90 Å². The molecular weight excluding hydrogens is 322 g/mol. The van der Waals surface area contributed by atoms with E-state index in [0.717, 1.165) is 24.8 Å². The van der Waals surface area contributed by atoms with Crippen LogP contribution in [0.2, 0.25) is 5.02 Å². The number of hydrogen-bond donors (Lipinski definition) is 0. The summed E-state index contributed by atoms with van der Waals surface area (Å²) in [6, 6.07) is 7.27. The van der Waals surface area contributed by atoms with Gasteiger partial charge in [0.2, 0.25) is 5.91 Å². The molecule has 1 saturated heterocycles. The van der Waals surface area contributed by atoms with E-state index in [1.54, 1.807) is 18.0 Å². The topological polar surface area (TPSA) is 54.5 Å². The highest BCUT2D eigenvalue weighted by Crippen LogP contribution is 2.46. The lowest BCUT2D eigenvalue weighted by molar-refractivity contribution is -0.141. The summed E-state index contributed by atoms with van der Waals surface area (Å²) in [4.78, 5) is 14.7. The number of benzene rings is 1. The number of nitrogens with zero attached hydrogens (tertiary/aromatic N) is 1. The standard InChI is InChI=1S/C16H20ClNO3S/c1-18(14-6-9-22(20,21)11-14)15(19)16(7-3-8-16)12-4-2-5-13(17)10-12/h2,4-5,10,14H,3,6-9,11H2,1H3/t14-/m0/s1. The largest absolute Gasteiger partial charge is 0.341 e. The predicted octanol–water partition coefficient (Wildman–Crippen LogP) is 2.41. The maximum atomic E-state index is 13.0. The second kappa shape index (κ2) is 5.53. The number of halogens is 1. The highest BCUT2D eigenvalue weighted by molar-refractivity contribution is 7.91. The molecule has 1 aromatic carbocycles. The average Bonchev–Trinajstić information content (AvgIpc) is 2.77. The zero-order valence-corrected chi connectivity index (χ0v) is 14.2. The summed E-state index contributed by atoms with van der Waals surface area (Å²) in [6.07, 6.45) is 3.15. The van der Waals surface area contributed by atoms with E-state index < -0.39 is 15.3 Å². The Morgan fingerprint density at radius 2 is 2.09 bits per heavy atom. The van der Waals surface area contributed by atoms with Crippen LogP contribution in [-0.2, 0) is 20.0 Å².